The predicted molar refractivity (Wildman–Crippen MR) is 136 cm³/mol. The van der Waals surface area contributed by atoms with E-state index in [9.17, 15) is 15.0 Å². The number of aliphatic hydroxyl groups excluding tert-OH is 2. The first-order chi connectivity index (χ1) is 15.7. The molecule has 0 unspecified atom stereocenters. The van der Waals surface area contributed by atoms with E-state index < -0.39 is 0 Å². The first kappa shape index (κ1) is 25.1. The van der Waals surface area contributed by atoms with Crippen molar-refractivity contribution in [1.82, 2.24) is 5.32 Å². The fourth-order valence-corrected chi connectivity index (χ4v) is 10.9. The van der Waals surface area contributed by atoms with Crippen LogP contribution in [0.2, 0.25) is 0 Å². The summed E-state index contributed by atoms with van der Waals surface area (Å²) < 4.78 is 0. The van der Waals surface area contributed by atoms with Crippen LogP contribution in [0.15, 0.2) is 0 Å². The summed E-state index contributed by atoms with van der Waals surface area (Å²) in [7, 11) is 0. The van der Waals surface area contributed by atoms with Gasteiger partial charge in [-0.25, -0.2) is 0 Å². The highest BCUT2D eigenvalue weighted by molar-refractivity contribution is 5.77. The lowest BCUT2D eigenvalue weighted by atomic mass is 9.35. The van der Waals surface area contributed by atoms with Crippen LogP contribution in [-0.4, -0.2) is 34.9 Å². The van der Waals surface area contributed by atoms with Gasteiger partial charge in [-0.2, -0.15) is 0 Å². The molecular weight excluding hydrogens is 422 g/mol. The molecule has 4 nitrogen and oxygen atoms in total. The molecular formula is C30H51NO3. The molecule has 9 atom stereocenters. The summed E-state index contributed by atoms with van der Waals surface area (Å²) in [6.07, 6.45) is 10.0. The van der Waals surface area contributed by atoms with Crippen molar-refractivity contribution in [3.63, 3.8) is 0 Å². The Labute approximate surface area is 208 Å². The van der Waals surface area contributed by atoms with Crippen molar-refractivity contribution < 1.29 is 15.0 Å². The number of fused-ring (bicyclic) bond motifs is 7. The number of carbonyl (C=O) groups excluding carboxylic acids is 1. The van der Waals surface area contributed by atoms with Gasteiger partial charge in [0.1, 0.15) is 0 Å². The Morgan fingerprint density at radius 1 is 0.853 bits per heavy atom. The van der Waals surface area contributed by atoms with Gasteiger partial charge in [-0.1, -0.05) is 48.5 Å². The van der Waals surface area contributed by atoms with Crippen molar-refractivity contribution in [2.24, 2.45) is 50.2 Å². The van der Waals surface area contributed by atoms with E-state index in [1.54, 1.807) is 0 Å². The summed E-state index contributed by atoms with van der Waals surface area (Å²) in [4.78, 5) is 13.7. The molecule has 4 aliphatic carbocycles. The van der Waals surface area contributed by atoms with Crippen LogP contribution in [0.1, 0.15) is 113 Å². The third-order valence-electron chi connectivity index (χ3n) is 13.4. The summed E-state index contributed by atoms with van der Waals surface area (Å²) in [5.41, 5.74) is 0.275. The maximum atomic E-state index is 13.7. The SMILES string of the molecule is CC1(C)CC[C@]2(CO)CC[C@]3(C)[C@@H](NC(=O)C[C@@H]4[C@@]5(C)CC[C@H](O)C(C)(C)[C@@H]5CC[C@]43C)[C@@H]2C1. The van der Waals surface area contributed by atoms with Crippen LogP contribution in [0.3, 0.4) is 0 Å². The Morgan fingerprint density at radius 3 is 2.21 bits per heavy atom. The largest absolute Gasteiger partial charge is 0.396 e. The molecule has 0 aromatic heterocycles. The molecule has 0 radical (unpaired) electrons. The summed E-state index contributed by atoms with van der Waals surface area (Å²) in [5.74, 6) is 1.35. The molecule has 0 spiro atoms. The highest BCUT2D eigenvalue weighted by Gasteiger charge is 2.70. The van der Waals surface area contributed by atoms with Crippen molar-refractivity contribution in [1.29, 1.82) is 0 Å². The molecule has 4 heteroatoms. The molecule has 1 heterocycles. The molecule has 5 fully saturated rings. The van der Waals surface area contributed by atoms with Gasteiger partial charge in [-0.15, -0.1) is 0 Å². The van der Waals surface area contributed by atoms with E-state index in [1.807, 2.05) is 0 Å². The topological polar surface area (TPSA) is 69.6 Å². The monoisotopic (exact) mass is 473 g/mol. The average molecular weight is 474 g/mol. The third kappa shape index (κ3) is 3.12. The lowest BCUT2D eigenvalue weighted by molar-refractivity contribution is -0.216. The highest BCUT2D eigenvalue weighted by Crippen LogP contribution is 2.73. The van der Waals surface area contributed by atoms with Crippen LogP contribution in [0.25, 0.3) is 0 Å². The van der Waals surface area contributed by atoms with Gasteiger partial charge in [-0.3, -0.25) is 4.79 Å². The lowest BCUT2D eigenvalue weighted by Gasteiger charge is -2.69. The summed E-state index contributed by atoms with van der Waals surface area (Å²) in [6, 6.07) is 0.137. The van der Waals surface area contributed by atoms with E-state index in [2.05, 4.69) is 53.8 Å². The van der Waals surface area contributed by atoms with E-state index in [1.165, 1.54) is 6.42 Å². The Morgan fingerprint density at radius 2 is 1.53 bits per heavy atom. The number of rotatable bonds is 1. The van der Waals surface area contributed by atoms with Crippen LogP contribution < -0.4 is 5.32 Å². The molecule has 194 valence electrons. The molecule has 0 aromatic rings. The zero-order valence-electron chi connectivity index (χ0n) is 23.0. The molecule has 5 aliphatic rings. The molecule has 4 saturated carbocycles. The second kappa shape index (κ2) is 7.46. The minimum atomic E-state index is -0.248. The Balaban J connectivity index is 1.60. The first-order valence-corrected chi connectivity index (χ1v) is 14.2. The normalized spacial score (nSPS) is 53.9. The van der Waals surface area contributed by atoms with Gasteiger partial charge >= 0.3 is 0 Å². The molecule has 1 amide bonds. The van der Waals surface area contributed by atoms with Gasteiger partial charge in [0, 0.05) is 19.1 Å². The van der Waals surface area contributed by atoms with E-state index in [0.717, 1.165) is 51.4 Å². The van der Waals surface area contributed by atoms with Crippen molar-refractivity contribution >= 4 is 5.91 Å². The van der Waals surface area contributed by atoms with Crippen LogP contribution in [0, 0.1) is 50.2 Å². The van der Waals surface area contributed by atoms with Crippen LogP contribution in [0.5, 0.6) is 0 Å². The van der Waals surface area contributed by atoms with E-state index in [4.69, 9.17) is 0 Å². The van der Waals surface area contributed by atoms with Crippen molar-refractivity contribution in [2.75, 3.05) is 6.61 Å². The lowest BCUT2D eigenvalue weighted by Crippen LogP contribution is -2.67. The zero-order valence-corrected chi connectivity index (χ0v) is 23.0. The number of amides is 1. The summed E-state index contributed by atoms with van der Waals surface area (Å²) in [6.45, 7) is 17.1. The minimum absolute atomic E-state index is 0.0226. The van der Waals surface area contributed by atoms with Gasteiger partial charge in [0.2, 0.25) is 5.91 Å². The Hall–Kier alpha value is -0.610. The first-order valence-electron chi connectivity index (χ1n) is 14.2. The van der Waals surface area contributed by atoms with E-state index >= 15 is 0 Å². The van der Waals surface area contributed by atoms with Crippen LogP contribution >= 0.6 is 0 Å². The fraction of sp³-hybridized carbons (Fsp3) is 0.967. The maximum Gasteiger partial charge on any atom is 0.220 e. The van der Waals surface area contributed by atoms with Crippen molar-refractivity contribution in [3.05, 3.63) is 0 Å². The van der Waals surface area contributed by atoms with Crippen molar-refractivity contribution in [2.45, 2.75) is 125 Å². The average Bonchev–Trinajstić information content (AvgIpc) is 2.84. The van der Waals surface area contributed by atoms with Gasteiger partial charge in [0.25, 0.3) is 0 Å². The molecule has 1 saturated heterocycles. The maximum absolute atomic E-state index is 13.7. The number of carbonyl (C=O) groups is 1. The van der Waals surface area contributed by atoms with E-state index in [-0.39, 0.29) is 57.1 Å². The van der Waals surface area contributed by atoms with Gasteiger partial charge in [0.05, 0.1) is 6.10 Å². The smallest absolute Gasteiger partial charge is 0.220 e. The molecule has 0 bridgehead atoms. The third-order valence-corrected chi connectivity index (χ3v) is 13.4. The number of aliphatic hydroxyl groups is 2. The van der Waals surface area contributed by atoms with Gasteiger partial charge < -0.3 is 15.5 Å². The Bertz CT molecular complexity index is 852. The molecule has 5 rings (SSSR count). The van der Waals surface area contributed by atoms with Crippen LogP contribution in [0.4, 0.5) is 0 Å². The Kier molecular flexibility index (Phi) is 5.50. The second-order valence-electron chi connectivity index (χ2n) is 15.6. The highest BCUT2D eigenvalue weighted by atomic mass is 16.3. The molecule has 1 aliphatic heterocycles. The standard InChI is InChI=1S/C30H51NO3/c1-25(2)12-14-30(18-32)15-13-29(7)24(19(30)17-25)31-23(34)16-21-27(5)10-9-22(33)26(3,4)20(27)8-11-28(21,29)6/h19-22,24,32-33H,8-18H2,1-7H3,(H,31,34)/t19-,20-,21+,22-,24-,27-,28+,29+,30+/m0/s1. The van der Waals surface area contributed by atoms with Gasteiger partial charge in [-0.05, 0) is 108 Å². The second-order valence-corrected chi connectivity index (χ2v) is 15.6. The molecule has 0 aromatic carbocycles. The predicted octanol–water partition coefficient (Wildman–Crippen LogP) is 5.70. The molecule has 34 heavy (non-hydrogen) atoms. The van der Waals surface area contributed by atoms with Crippen molar-refractivity contribution in [3.8, 4) is 0 Å². The fourth-order valence-electron chi connectivity index (χ4n) is 10.9. The zero-order chi connectivity index (χ0) is 24.9. The summed E-state index contributed by atoms with van der Waals surface area (Å²) in [5, 5.41) is 25.3. The number of hydrogen-bond donors (Lipinski definition) is 3. The van der Waals surface area contributed by atoms with E-state index in [0.29, 0.717) is 24.2 Å². The molecule has 3 N–H and O–H groups in total. The minimum Gasteiger partial charge on any atom is -0.396 e. The summed E-state index contributed by atoms with van der Waals surface area (Å²) >= 11 is 0. The van der Waals surface area contributed by atoms with Crippen LogP contribution in [-0.2, 0) is 4.79 Å². The number of nitrogens with one attached hydrogen (secondary N) is 1. The quantitative estimate of drug-likeness (QED) is 0.457. The van der Waals surface area contributed by atoms with Gasteiger partial charge in [0.15, 0.2) is 0 Å². The number of hydrogen-bond acceptors (Lipinski definition) is 3.